The number of ether oxygens (including phenoxy) is 1. The standard InChI is InChI=1S/C13H17BrClNO2/c1-8(2)6-16-12(17)7-18-13-9(3)4-10(14)5-11(13)15/h4-5,8H,6-7H2,1-3H3,(H,16,17). The van der Waals surface area contributed by atoms with Gasteiger partial charge in [-0.15, -0.1) is 0 Å². The first-order valence-corrected chi connectivity index (χ1v) is 6.92. The van der Waals surface area contributed by atoms with Crippen LogP contribution in [0.15, 0.2) is 16.6 Å². The average molecular weight is 335 g/mol. The highest BCUT2D eigenvalue weighted by molar-refractivity contribution is 9.10. The van der Waals surface area contributed by atoms with Crippen LogP contribution in [0.4, 0.5) is 0 Å². The molecule has 0 heterocycles. The zero-order valence-electron chi connectivity index (χ0n) is 10.7. The summed E-state index contributed by atoms with van der Waals surface area (Å²) in [5.74, 6) is 0.841. The number of amides is 1. The van der Waals surface area contributed by atoms with Crippen LogP contribution in [0.2, 0.25) is 5.02 Å². The van der Waals surface area contributed by atoms with Crippen molar-refractivity contribution in [1.29, 1.82) is 0 Å². The summed E-state index contributed by atoms with van der Waals surface area (Å²) < 4.78 is 6.34. The third kappa shape index (κ3) is 4.86. The maximum absolute atomic E-state index is 11.5. The quantitative estimate of drug-likeness (QED) is 0.894. The molecule has 0 saturated carbocycles. The van der Waals surface area contributed by atoms with Crippen LogP contribution in [-0.4, -0.2) is 19.1 Å². The van der Waals surface area contributed by atoms with Crippen LogP contribution >= 0.6 is 27.5 Å². The SMILES string of the molecule is Cc1cc(Br)cc(Cl)c1OCC(=O)NCC(C)C. The van der Waals surface area contributed by atoms with Gasteiger partial charge in [-0.25, -0.2) is 0 Å². The average Bonchev–Trinajstić information content (AvgIpc) is 2.24. The molecular formula is C13H17BrClNO2. The minimum Gasteiger partial charge on any atom is -0.482 e. The lowest BCUT2D eigenvalue weighted by molar-refractivity contribution is -0.123. The van der Waals surface area contributed by atoms with Gasteiger partial charge in [0.05, 0.1) is 5.02 Å². The number of benzene rings is 1. The predicted molar refractivity (Wildman–Crippen MR) is 77.2 cm³/mol. The molecule has 0 aliphatic rings. The fraction of sp³-hybridized carbons (Fsp3) is 0.462. The largest absolute Gasteiger partial charge is 0.482 e. The molecule has 0 aliphatic heterocycles. The van der Waals surface area contributed by atoms with Crippen LogP contribution in [0.25, 0.3) is 0 Å². The van der Waals surface area contributed by atoms with Gasteiger partial charge in [-0.05, 0) is 30.5 Å². The molecule has 0 unspecified atom stereocenters. The Hall–Kier alpha value is -0.740. The molecule has 0 spiro atoms. The lowest BCUT2D eigenvalue weighted by Gasteiger charge is -2.12. The number of hydrogen-bond acceptors (Lipinski definition) is 2. The van der Waals surface area contributed by atoms with Gasteiger partial charge < -0.3 is 10.1 Å². The van der Waals surface area contributed by atoms with Crippen molar-refractivity contribution >= 4 is 33.4 Å². The first kappa shape index (κ1) is 15.3. The number of nitrogens with one attached hydrogen (secondary N) is 1. The molecule has 1 rings (SSSR count). The molecule has 0 aliphatic carbocycles. The van der Waals surface area contributed by atoms with E-state index in [9.17, 15) is 4.79 Å². The second-order valence-electron chi connectivity index (χ2n) is 4.52. The highest BCUT2D eigenvalue weighted by Crippen LogP contribution is 2.31. The van der Waals surface area contributed by atoms with Crippen molar-refractivity contribution in [2.24, 2.45) is 5.92 Å². The Morgan fingerprint density at radius 2 is 2.17 bits per heavy atom. The van der Waals surface area contributed by atoms with E-state index < -0.39 is 0 Å². The van der Waals surface area contributed by atoms with Gasteiger partial charge >= 0.3 is 0 Å². The van der Waals surface area contributed by atoms with E-state index in [4.69, 9.17) is 16.3 Å². The molecule has 3 nitrogen and oxygen atoms in total. The smallest absolute Gasteiger partial charge is 0.257 e. The summed E-state index contributed by atoms with van der Waals surface area (Å²) >= 11 is 9.41. The van der Waals surface area contributed by atoms with Crippen LogP contribution in [0.3, 0.4) is 0 Å². The van der Waals surface area contributed by atoms with E-state index in [2.05, 4.69) is 21.2 Å². The summed E-state index contributed by atoms with van der Waals surface area (Å²) in [4.78, 5) is 11.5. The molecule has 100 valence electrons. The maximum atomic E-state index is 11.5. The summed E-state index contributed by atoms with van der Waals surface area (Å²) in [5, 5.41) is 3.29. The Kier molecular flexibility index (Phi) is 5.96. The first-order valence-electron chi connectivity index (χ1n) is 5.75. The first-order chi connectivity index (χ1) is 8.40. The fourth-order valence-electron chi connectivity index (χ4n) is 1.38. The predicted octanol–water partition coefficient (Wildman–Crippen LogP) is 3.56. The summed E-state index contributed by atoms with van der Waals surface area (Å²) in [7, 11) is 0. The number of aryl methyl sites for hydroxylation is 1. The summed E-state index contributed by atoms with van der Waals surface area (Å²) in [5.41, 5.74) is 0.894. The highest BCUT2D eigenvalue weighted by Gasteiger charge is 2.10. The van der Waals surface area contributed by atoms with Crippen LogP contribution in [-0.2, 0) is 4.79 Å². The van der Waals surface area contributed by atoms with Gasteiger partial charge in [0.2, 0.25) is 0 Å². The van der Waals surface area contributed by atoms with Crippen molar-refractivity contribution in [1.82, 2.24) is 5.32 Å². The lowest BCUT2D eigenvalue weighted by atomic mass is 10.2. The zero-order valence-corrected chi connectivity index (χ0v) is 13.1. The number of carbonyl (C=O) groups is 1. The molecule has 1 aromatic rings. The molecule has 5 heteroatoms. The van der Waals surface area contributed by atoms with Crippen LogP contribution in [0, 0.1) is 12.8 Å². The lowest BCUT2D eigenvalue weighted by Crippen LogP contribution is -2.31. The maximum Gasteiger partial charge on any atom is 0.257 e. The molecule has 1 amide bonds. The van der Waals surface area contributed by atoms with E-state index >= 15 is 0 Å². The van der Waals surface area contributed by atoms with E-state index in [1.54, 1.807) is 6.07 Å². The third-order valence-corrected chi connectivity index (χ3v) is 2.99. The van der Waals surface area contributed by atoms with Gasteiger partial charge in [0.1, 0.15) is 5.75 Å². The second kappa shape index (κ2) is 7.00. The Balaban J connectivity index is 2.56. The Bertz CT molecular complexity index is 412. The molecule has 0 aromatic heterocycles. The second-order valence-corrected chi connectivity index (χ2v) is 5.84. The number of halogens is 2. The van der Waals surface area contributed by atoms with Crippen molar-refractivity contribution in [2.75, 3.05) is 13.2 Å². The summed E-state index contributed by atoms with van der Waals surface area (Å²) in [6, 6.07) is 3.64. The fourth-order valence-corrected chi connectivity index (χ4v) is 2.40. The molecule has 1 aromatic carbocycles. The topological polar surface area (TPSA) is 38.3 Å². The van der Waals surface area contributed by atoms with Crippen LogP contribution in [0.1, 0.15) is 19.4 Å². The van der Waals surface area contributed by atoms with Crippen molar-refractivity contribution in [2.45, 2.75) is 20.8 Å². The monoisotopic (exact) mass is 333 g/mol. The molecule has 1 N–H and O–H groups in total. The van der Waals surface area contributed by atoms with Gasteiger partial charge in [-0.3, -0.25) is 4.79 Å². The third-order valence-electron chi connectivity index (χ3n) is 2.25. The van der Waals surface area contributed by atoms with E-state index in [0.717, 1.165) is 10.0 Å². The molecule has 0 saturated heterocycles. The van der Waals surface area contributed by atoms with Crippen LogP contribution in [0.5, 0.6) is 5.75 Å². The minimum atomic E-state index is -0.137. The minimum absolute atomic E-state index is 0.0189. The molecule has 0 bridgehead atoms. The van der Waals surface area contributed by atoms with E-state index in [1.165, 1.54) is 0 Å². The van der Waals surface area contributed by atoms with Gasteiger partial charge in [0, 0.05) is 11.0 Å². The number of hydrogen-bond donors (Lipinski definition) is 1. The van der Waals surface area contributed by atoms with Gasteiger partial charge in [0.15, 0.2) is 6.61 Å². The van der Waals surface area contributed by atoms with E-state index in [1.807, 2.05) is 26.8 Å². The normalized spacial score (nSPS) is 10.6. The highest BCUT2D eigenvalue weighted by atomic mass is 79.9. The van der Waals surface area contributed by atoms with Crippen molar-refractivity contribution in [3.8, 4) is 5.75 Å². The molecule has 18 heavy (non-hydrogen) atoms. The molecule has 0 fully saturated rings. The number of rotatable bonds is 5. The van der Waals surface area contributed by atoms with Crippen molar-refractivity contribution < 1.29 is 9.53 Å². The Morgan fingerprint density at radius 3 is 2.72 bits per heavy atom. The molecule has 0 radical (unpaired) electrons. The van der Waals surface area contributed by atoms with Gasteiger partial charge in [-0.2, -0.15) is 0 Å². The van der Waals surface area contributed by atoms with Gasteiger partial charge in [0.25, 0.3) is 5.91 Å². The molecular weight excluding hydrogens is 318 g/mol. The Morgan fingerprint density at radius 1 is 1.50 bits per heavy atom. The summed E-state index contributed by atoms with van der Waals surface area (Å²) in [6.07, 6.45) is 0. The van der Waals surface area contributed by atoms with E-state index in [0.29, 0.717) is 23.2 Å². The zero-order chi connectivity index (χ0) is 13.7. The summed E-state index contributed by atoms with van der Waals surface area (Å²) in [6.45, 7) is 6.59. The Labute approximate surface area is 121 Å². The van der Waals surface area contributed by atoms with Crippen molar-refractivity contribution in [3.63, 3.8) is 0 Å². The van der Waals surface area contributed by atoms with Crippen molar-refractivity contribution in [3.05, 3.63) is 27.2 Å². The number of carbonyl (C=O) groups excluding carboxylic acids is 1. The van der Waals surface area contributed by atoms with E-state index in [-0.39, 0.29) is 12.5 Å². The van der Waals surface area contributed by atoms with Crippen LogP contribution < -0.4 is 10.1 Å². The molecule has 0 atom stereocenters. The van der Waals surface area contributed by atoms with Gasteiger partial charge in [-0.1, -0.05) is 41.4 Å².